The molecule has 2 rings (SSSR count). The van der Waals surface area contributed by atoms with Gasteiger partial charge in [-0.05, 0) is 25.1 Å². The Morgan fingerprint density at radius 2 is 2.20 bits per heavy atom. The fourth-order valence-electron chi connectivity index (χ4n) is 1.50. The van der Waals surface area contributed by atoms with Crippen molar-refractivity contribution in [1.82, 2.24) is 10.2 Å². The maximum Gasteiger partial charge on any atom is 0.206 e. The third-order valence-corrected chi connectivity index (χ3v) is 4.51. The summed E-state index contributed by atoms with van der Waals surface area (Å²) in [4.78, 5) is 0. The molecule has 0 unspecified atom stereocenters. The zero-order chi connectivity index (χ0) is 14.5. The number of rotatable bonds is 6. The van der Waals surface area contributed by atoms with Gasteiger partial charge in [-0.3, -0.25) is 0 Å². The van der Waals surface area contributed by atoms with Crippen molar-refractivity contribution in [2.45, 2.75) is 17.4 Å². The number of thioether (sulfide) groups is 1. The zero-order valence-electron chi connectivity index (χ0n) is 10.6. The van der Waals surface area contributed by atoms with Gasteiger partial charge in [0.2, 0.25) is 5.13 Å². The molecule has 108 valence electrons. The van der Waals surface area contributed by atoms with Gasteiger partial charge in [0, 0.05) is 17.9 Å². The van der Waals surface area contributed by atoms with E-state index in [0.717, 1.165) is 24.7 Å². The van der Waals surface area contributed by atoms with Gasteiger partial charge in [-0.1, -0.05) is 23.1 Å². The van der Waals surface area contributed by atoms with Crippen molar-refractivity contribution in [3.05, 3.63) is 35.4 Å². The van der Waals surface area contributed by atoms with Crippen molar-refractivity contribution in [2.75, 3.05) is 17.6 Å². The molecular formula is C12H13F2N3OS2. The predicted molar refractivity (Wildman–Crippen MR) is 76.1 cm³/mol. The summed E-state index contributed by atoms with van der Waals surface area (Å²) in [5, 5.41) is 21.5. The quantitative estimate of drug-likeness (QED) is 0.802. The SMILES string of the molecule is CCNc1nnc(SC[C@@H](O)c2cc(F)ccc2F)s1. The van der Waals surface area contributed by atoms with Gasteiger partial charge in [-0.25, -0.2) is 8.78 Å². The van der Waals surface area contributed by atoms with E-state index in [-0.39, 0.29) is 11.3 Å². The second-order valence-electron chi connectivity index (χ2n) is 3.90. The van der Waals surface area contributed by atoms with Gasteiger partial charge in [0.15, 0.2) is 4.34 Å². The predicted octanol–water partition coefficient (Wildman–Crippen LogP) is 3.07. The molecule has 0 spiro atoms. The fourth-order valence-corrected chi connectivity index (χ4v) is 3.30. The molecule has 1 aromatic carbocycles. The maximum absolute atomic E-state index is 13.5. The van der Waals surface area contributed by atoms with Crippen LogP contribution < -0.4 is 5.32 Å². The summed E-state index contributed by atoms with van der Waals surface area (Å²) in [7, 11) is 0. The van der Waals surface area contributed by atoms with Gasteiger partial charge in [0.1, 0.15) is 11.6 Å². The highest BCUT2D eigenvalue weighted by atomic mass is 32.2. The Labute approximate surface area is 123 Å². The van der Waals surface area contributed by atoms with Gasteiger partial charge < -0.3 is 10.4 Å². The van der Waals surface area contributed by atoms with Crippen molar-refractivity contribution < 1.29 is 13.9 Å². The second-order valence-corrected chi connectivity index (χ2v) is 6.14. The van der Waals surface area contributed by atoms with E-state index in [1.165, 1.54) is 23.1 Å². The summed E-state index contributed by atoms with van der Waals surface area (Å²) < 4.78 is 27.2. The van der Waals surface area contributed by atoms with Crippen LogP contribution in [0, 0.1) is 11.6 Å². The fraction of sp³-hybridized carbons (Fsp3) is 0.333. The molecule has 0 aliphatic carbocycles. The lowest BCUT2D eigenvalue weighted by Gasteiger charge is -2.10. The van der Waals surface area contributed by atoms with Crippen molar-refractivity contribution in [3.63, 3.8) is 0 Å². The molecule has 0 saturated heterocycles. The zero-order valence-corrected chi connectivity index (χ0v) is 12.3. The van der Waals surface area contributed by atoms with Gasteiger partial charge in [-0.15, -0.1) is 10.2 Å². The average molecular weight is 317 g/mol. The topological polar surface area (TPSA) is 58.0 Å². The molecule has 8 heteroatoms. The van der Waals surface area contributed by atoms with Crippen molar-refractivity contribution in [2.24, 2.45) is 0 Å². The number of benzene rings is 1. The van der Waals surface area contributed by atoms with Crippen molar-refractivity contribution in [3.8, 4) is 0 Å². The molecule has 0 fully saturated rings. The first-order chi connectivity index (χ1) is 9.60. The molecule has 20 heavy (non-hydrogen) atoms. The molecule has 2 aromatic rings. The minimum atomic E-state index is -1.10. The van der Waals surface area contributed by atoms with Crippen LogP contribution in [0.1, 0.15) is 18.6 Å². The third-order valence-electron chi connectivity index (χ3n) is 2.42. The number of hydrogen-bond acceptors (Lipinski definition) is 6. The Bertz CT molecular complexity index is 580. The van der Waals surface area contributed by atoms with Crippen LogP contribution >= 0.6 is 23.1 Å². The molecule has 0 aliphatic rings. The lowest BCUT2D eigenvalue weighted by molar-refractivity contribution is 0.198. The molecule has 1 heterocycles. The summed E-state index contributed by atoms with van der Waals surface area (Å²) in [6, 6.07) is 3.03. The summed E-state index contributed by atoms with van der Waals surface area (Å²) in [5.41, 5.74) is -0.0473. The summed E-state index contributed by atoms with van der Waals surface area (Å²) in [6.07, 6.45) is -1.10. The minimum absolute atomic E-state index is 0.0473. The number of aromatic nitrogens is 2. The molecule has 1 atom stereocenters. The lowest BCUT2D eigenvalue weighted by Crippen LogP contribution is -2.04. The molecule has 0 aliphatic heterocycles. The first-order valence-corrected chi connectivity index (χ1v) is 7.73. The molecule has 2 N–H and O–H groups in total. The van der Waals surface area contributed by atoms with Crippen LogP contribution in [0.15, 0.2) is 22.5 Å². The first-order valence-electron chi connectivity index (χ1n) is 5.93. The number of aliphatic hydroxyl groups is 1. The van der Waals surface area contributed by atoms with E-state index in [2.05, 4.69) is 15.5 Å². The van der Waals surface area contributed by atoms with Gasteiger partial charge in [0.05, 0.1) is 6.10 Å². The molecule has 1 aromatic heterocycles. The van der Waals surface area contributed by atoms with Crippen LogP contribution in [0.4, 0.5) is 13.9 Å². The average Bonchev–Trinajstić information content (AvgIpc) is 2.87. The monoisotopic (exact) mass is 317 g/mol. The van der Waals surface area contributed by atoms with Crippen LogP contribution in [0.25, 0.3) is 0 Å². The summed E-state index contributed by atoms with van der Waals surface area (Å²) in [6.45, 7) is 2.70. The van der Waals surface area contributed by atoms with Gasteiger partial charge in [-0.2, -0.15) is 0 Å². The van der Waals surface area contributed by atoms with E-state index < -0.39 is 17.7 Å². The molecule has 0 bridgehead atoms. The molecule has 0 amide bonds. The number of aliphatic hydroxyl groups excluding tert-OH is 1. The van der Waals surface area contributed by atoms with Gasteiger partial charge >= 0.3 is 0 Å². The van der Waals surface area contributed by atoms with E-state index in [0.29, 0.717) is 9.47 Å². The second kappa shape index (κ2) is 6.96. The number of anilines is 1. The van der Waals surface area contributed by atoms with Crippen molar-refractivity contribution >= 4 is 28.2 Å². The van der Waals surface area contributed by atoms with E-state index in [1.807, 2.05) is 6.92 Å². The maximum atomic E-state index is 13.5. The van der Waals surface area contributed by atoms with Crippen LogP contribution in [0.3, 0.4) is 0 Å². The molecule has 0 saturated carbocycles. The Hall–Kier alpha value is -1.25. The van der Waals surface area contributed by atoms with Crippen LogP contribution in [-0.4, -0.2) is 27.6 Å². The van der Waals surface area contributed by atoms with E-state index in [1.54, 1.807) is 0 Å². The number of nitrogens with zero attached hydrogens (tertiary/aromatic N) is 2. The Morgan fingerprint density at radius 1 is 1.40 bits per heavy atom. The molecule has 4 nitrogen and oxygen atoms in total. The van der Waals surface area contributed by atoms with E-state index in [4.69, 9.17) is 0 Å². The van der Waals surface area contributed by atoms with Crippen LogP contribution in [0.2, 0.25) is 0 Å². The Balaban J connectivity index is 1.97. The highest BCUT2D eigenvalue weighted by Crippen LogP contribution is 2.30. The van der Waals surface area contributed by atoms with Crippen molar-refractivity contribution in [1.29, 1.82) is 0 Å². The van der Waals surface area contributed by atoms with E-state index in [9.17, 15) is 13.9 Å². The molecule has 0 radical (unpaired) electrons. The largest absolute Gasteiger partial charge is 0.387 e. The van der Waals surface area contributed by atoms with Crippen LogP contribution in [-0.2, 0) is 0 Å². The Morgan fingerprint density at radius 3 is 2.95 bits per heavy atom. The van der Waals surface area contributed by atoms with Gasteiger partial charge in [0.25, 0.3) is 0 Å². The standard InChI is InChI=1S/C12H13F2N3OS2/c1-2-15-11-16-17-12(20-11)19-6-10(18)8-5-7(13)3-4-9(8)14/h3-5,10,18H,2,6H2,1H3,(H,15,16)/t10-/m1/s1. The molecular weight excluding hydrogens is 304 g/mol. The third kappa shape index (κ3) is 3.87. The lowest BCUT2D eigenvalue weighted by atomic mass is 10.1. The summed E-state index contributed by atoms with van der Waals surface area (Å²) >= 11 is 2.60. The smallest absolute Gasteiger partial charge is 0.206 e. The van der Waals surface area contributed by atoms with E-state index >= 15 is 0 Å². The number of halogens is 2. The summed E-state index contributed by atoms with van der Waals surface area (Å²) in [5.74, 6) is -1.01. The highest BCUT2D eigenvalue weighted by Gasteiger charge is 2.15. The highest BCUT2D eigenvalue weighted by molar-refractivity contribution is 8.01. The Kier molecular flexibility index (Phi) is 5.27. The number of nitrogens with one attached hydrogen (secondary N) is 1. The first kappa shape index (κ1) is 15.1. The normalized spacial score (nSPS) is 12.4. The number of hydrogen-bond donors (Lipinski definition) is 2. The van der Waals surface area contributed by atoms with Crippen LogP contribution in [0.5, 0.6) is 0 Å². The minimum Gasteiger partial charge on any atom is -0.387 e.